The first-order valence-corrected chi connectivity index (χ1v) is 5.76. The van der Waals surface area contributed by atoms with Gasteiger partial charge in [-0.05, 0) is 6.42 Å². The summed E-state index contributed by atoms with van der Waals surface area (Å²) in [6, 6.07) is 0. The SMILES string of the molecule is CCCCCCCC(=O)NCC(O)CO. The van der Waals surface area contributed by atoms with Crippen LogP contribution in [-0.2, 0) is 4.79 Å². The predicted molar refractivity (Wildman–Crippen MR) is 59.5 cm³/mol. The number of aliphatic hydroxyl groups is 2. The molecule has 0 aromatic carbocycles. The van der Waals surface area contributed by atoms with Crippen LogP contribution in [0.2, 0.25) is 0 Å². The Labute approximate surface area is 91.7 Å². The van der Waals surface area contributed by atoms with Crippen molar-refractivity contribution in [2.45, 2.75) is 51.6 Å². The lowest BCUT2D eigenvalue weighted by Gasteiger charge is -2.08. The lowest BCUT2D eigenvalue weighted by molar-refractivity contribution is -0.121. The topological polar surface area (TPSA) is 69.6 Å². The van der Waals surface area contributed by atoms with Crippen LogP contribution in [0.1, 0.15) is 45.4 Å². The van der Waals surface area contributed by atoms with Gasteiger partial charge in [-0.25, -0.2) is 0 Å². The van der Waals surface area contributed by atoms with Crippen molar-refractivity contribution in [3.8, 4) is 0 Å². The molecule has 3 N–H and O–H groups in total. The Kier molecular flexibility index (Phi) is 9.52. The van der Waals surface area contributed by atoms with Crippen molar-refractivity contribution in [2.75, 3.05) is 13.2 Å². The van der Waals surface area contributed by atoms with Crippen LogP contribution in [0, 0.1) is 0 Å². The number of amides is 1. The molecule has 0 rings (SSSR count). The number of rotatable bonds is 9. The average Bonchev–Trinajstić information content (AvgIpc) is 2.25. The van der Waals surface area contributed by atoms with Gasteiger partial charge in [0.2, 0.25) is 5.91 Å². The monoisotopic (exact) mass is 217 g/mol. The zero-order valence-electron chi connectivity index (χ0n) is 9.54. The third-order valence-corrected chi connectivity index (χ3v) is 2.25. The normalized spacial score (nSPS) is 12.5. The molecule has 0 radical (unpaired) electrons. The van der Waals surface area contributed by atoms with E-state index in [1.165, 1.54) is 19.3 Å². The van der Waals surface area contributed by atoms with Crippen LogP contribution in [0.3, 0.4) is 0 Å². The van der Waals surface area contributed by atoms with Gasteiger partial charge >= 0.3 is 0 Å². The molecular weight excluding hydrogens is 194 g/mol. The standard InChI is InChI=1S/C11H23NO3/c1-2-3-4-5-6-7-11(15)12-8-10(14)9-13/h10,13-14H,2-9H2,1H3,(H,12,15). The third-order valence-electron chi connectivity index (χ3n) is 2.25. The number of unbranched alkanes of at least 4 members (excludes halogenated alkanes) is 4. The summed E-state index contributed by atoms with van der Waals surface area (Å²) in [5.74, 6) is -0.0426. The summed E-state index contributed by atoms with van der Waals surface area (Å²) in [5.41, 5.74) is 0. The molecule has 0 aliphatic carbocycles. The van der Waals surface area contributed by atoms with Crippen LogP contribution < -0.4 is 5.32 Å². The first kappa shape index (κ1) is 14.4. The Morgan fingerprint density at radius 1 is 1.27 bits per heavy atom. The van der Waals surface area contributed by atoms with Crippen LogP contribution in [0.15, 0.2) is 0 Å². The van der Waals surface area contributed by atoms with Crippen LogP contribution in [0.4, 0.5) is 0 Å². The molecule has 0 spiro atoms. The van der Waals surface area contributed by atoms with Gasteiger partial charge in [0, 0.05) is 13.0 Å². The number of aliphatic hydroxyl groups excluding tert-OH is 2. The van der Waals surface area contributed by atoms with E-state index in [4.69, 9.17) is 10.2 Å². The fraction of sp³-hybridized carbons (Fsp3) is 0.909. The predicted octanol–water partition coefficient (Wildman–Crippen LogP) is 0.816. The lowest BCUT2D eigenvalue weighted by atomic mass is 10.1. The zero-order chi connectivity index (χ0) is 11.5. The highest BCUT2D eigenvalue weighted by atomic mass is 16.3. The van der Waals surface area contributed by atoms with E-state index in [0.717, 1.165) is 12.8 Å². The van der Waals surface area contributed by atoms with E-state index < -0.39 is 6.10 Å². The van der Waals surface area contributed by atoms with E-state index in [0.29, 0.717) is 6.42 Å². The Morgan fingerprint density at radius 3 is 2.53 bits per heavy atom. The second-order valence-corrected chi connectivity index (χ2v) is 3.80. The van der Waals surface area contributed by atoms with E-state index in [1.807, 2.05) is 0 Å². The van der Waals surface area contributed by atoms with Gasteiger partial charge in [-0.2, -0.15) is 0 Å². The minimum atomic E-state index is -0.839. The van der Waals surface area contributed by atoms with Crippen LogP contribution in [0.5, 0.6) is 0 Å². The molecule has 0 fully saturated rings. The number of nitrogens with one attached hydrogen (secondary N) is 1. The van der Waals surface area contributed by atoms with Gasteiger partial charge in [0.05, 0.1) is 12.7 Å². The molecular formula is C11H23NO3. The maximum absolute atomic E-state index is 11.2. The molecule has 0 aromatic heterocycles. The van der Waals surface area contributed by atoms with E-state index in [2.05, 4.69) is 12.2 Å². The first-order valence-electron chi connectivity index (χ1n) is 5.76. The Hall–Kier alpha value is -0.610. The largest absolute Gasteiger partial charge is 0.394 e. The number of carbonyl (C=O) groups is 1. The smallest absolute Gasteiger partial charge is 0.220 e. The van der Waals surface area contributed by atoms with E-state index >= 15 is 0 Å². The highest BCUT2D eigenvalue weighted by molar-refractivity contribution is 5.75. The lowest BCUT2D eigenvalue weighted by Crippen LogP contribution is -2.33. The van der Waals surface area contributed by atoms with E-state index in [1.54, 1.807) is 0 Å². The van der Waals surface area contributed by atoms with Crippen molar-refractivity contribution < 1.29 is 15.0 Å². The summed E-state index contributed by atoms with van der Waals surface area (Å²) < 4.78 is 0. The van der Waals surface area contributed by atoms with Gasteiger partial charge < -0.3 is 15.5 Å². The maximum Gasteiger partial charge on any atom is 0.220 e. The van der Waals surface area contributed by atoms with Gasteiger partial charge in [0.25, 0.3) is 0 Å². The Balaban J connectivity index is 3.26. The summed E-state index contributed by atoms with van der Waals surface area (Å²) in [7, 11) is 0. The molecule has 1 amide bonds. The molecule has 1 unspecified atom stereocenters. The van der Waals surface area contributed by atoms with Crippen molar-refractivity contribution in [1.82, 2.24) is 5.32 Å². The first-order chi connectivity index (χ1) is 7.20. The van der Waals surface area contributed by atoms with Crippen molar-refractivity contribution in [3.63, 3.8) is 0 Å². The second kappa shape index (κ2) is 9.93. The zero-order valence-corrected chi connectivity index (χ0v) is 9.54. The molecule has 0 bridgehead atoms. The maximum atomic E-state index is 11.2. The Morgan fingerprint density at radius 2 is 1.93 bits per heavy atom. The third kappa shape index (κ3) is 9.69. The van der Waals surface area contributed by atoms with Crippen molar-refractivity contribution in [2.24, 2.45) is 0 Å². The van der Waals surface area contributed by atoms with Crippen LogP contribution in [0.25, 0.3) is 0 Å². The quantitative estimate of drug-likeness (QED) is 0.501. The van der Waals surface area contributed by atoms with Crippen LogP contribution >= 0.6 is 0 Å². The molecule has 0 saturated carbocycles. The van der Waals surface area contributed by atoms with E-state index in [9.17, 15) is 4.79 Å². The molecule has 1 atom stereocenters. The Bertz CT molecular complexity index is 162. The number of carbonyl (C=O) groups excluding carboxylic acids is 1. The van der Waals surface area contributed by atoms with Crippen molar-refractivity contribution >= 4 is 5.91 Å². The molecule has 0 saturated heterocycles. The molecule has 4 heteroatoms. The van der Waals surface area contributed by atoms with Gasteiger partial charge in [-0.1, -0.05) is 32.6 Å². The fourth-order valence-electron chi connectivity index (χ4n) is 1.27. The molecule has 0 aliphatic heterocycles. The van der Waals surface area contributed by atoms with Crippen LogP contribution in [-0.4, -0.2) is 35.4 Å². The molecule has 15 heavy (non-hydrogen) atoms. The summed E-state index contributed by atoms with van der Waals surface area (Å²) in [6.07, 6.45) is 5.28. The fourth-order valence-corrected chi connectivity index (χ4v) is 1.27. The molecule has 0 aromatic rings. The molecule has 0 heterocycles. The summed E-state index contributed by atoms with van der Waals surface area (Å²) >= 11 is 0. The van der Waals surface area contributed by atoms with Gasteiger partial charge in [0.1, 0.15) is 0 Å². The molecule has 0 aliphatic rings. The highest BCUT2D eigenvalue weighted by Gasteiger charge is 2.04. The van der Waals surface area contributed by atoms with Gasteiger partial charge in [-0.15, -0.1) is 0 Å². The summed E-state index contributed by atoms with van der Waals surface area (Å²) in [6.45, 7) is 1.99. The minimum absolute atomic E-state index is 0.0426. The van der Waals surface area contributed by atoms with Gasteiger partial charge in [-0.3, -0.25) is 4.79 Å². The number of hydrogen-bond acceptors (Lipinski definition) is 3. The average molecular weight is 217 g/mol. The number of hydrogen-bond donors (Lipinski definition) is 3. The molecule has 90 valence electrons. The highest BCUT2D eigenvalue weighted by Crippen LogP contribution is 2.04. The van der Waals surface area contributed by atoms with Gasteiger partial charge in [0.15, 0.2) is 0 Å². The summed E-state index contributed by atoms with van der Waals surface area (Å²) in [5, 5.41) is 20.1. The minimum Gasteiger partial charge on any atom is -0.394 e. The van der Waals surface area contributed by atoms with E-state index in [-0.39, 0.29) is 19.1 Å². The van der Waals surface area contributed by atoms with Crippen molar-refractivity contribution in [1.29, 1.82) is 0 Å². The summed E-state index contributed by atoms with van der Waals surface area (Å²) in [4.78, 5) is 11.2. The molecule has 4 nitrogen and oxygen atoms in total. The second-order valence-electron chi connectivity index (χ2n) is 3.80. The van der Waals surface area contributed by atoms with Crippen molar-refractivity contribution in [3.05, 3.63) is 0 Å².